The van der Waals surface area contributed by atoms with E-state index in [0.717, 1.165) is 24.0 Å². The molecular formula is C23H26N2O4. The number of amides is 2. The lowest BCUT2D eigenvalue weighted by Crippen LogP contribution is -2.53. The molecule has 1 aliphatic carbocycles. The van der Waals surface area contributed by atoms with Crippen molar-refractivity contribution in [2.45, 2.75) is 44.4 Å². The summed E-state index contributed by atoms with van der Waals surface area (Å²) in [4.78, 5) is 26.3. The first kappa shape index (κ1) is 19.3. The summed E-state index contributed by atoms with van der Waals surface area (Å²) in [6, 6.07) is 15.2. The van der Waals surface area contributed by atoms with Gasteiger partial charge in [0.15, 0.2) is 11.5 Å². The summed E-state index contributed by atoms with van der Waals surface area (Å²) in [5.41, 5.74) is 1.90. The third kappa shape index (κ3) is 4.21. The molecule has 2 aromatic rings. The number of carbonyl (C=O) groups excluding carboxylic acids is 2. The zero-order valence-electron chi connectivity index (χ0n) is 16.6. The molecule has 1 saturated carbocycles. The molecule has 1 N–H and O–H groups in total. The van der Waals surface area contributed by atoms with Gasteiger partial charge < -0.3 is 19.7 Å². The summed E-state index contributed by atoms with van der Waals surface area (Å²) < 4.78 is 11.7. The smallest absolute Gasteiger partial charge is 0.312 e. The number of benzene rings is 2. The molecule has 1 unspecified atom stereocenters. The first-order valence-electron chi connectivity index (χ1n) is 10.1. The molecule has 6 heteroatoms. The van der Waals surface area contributed by atoms with E-state index in [4.69, 9.17) is 9.47 Å². The molecule has 0 radical (unpaired) electrons. The molecule has 4 rings (SSSR count). The maximum Gasteiger partial charge on any atom is 0.312 e. The van der Waals surface area contributed by atoms with E-state index in [-0.39, 0.29) is 12.1 Å². The Morgan fingerprint density at radius 2 is 1.79 bits per heavy atom. The standard InChI is InChI=1S/C23H26N2O4/c1-28-20-12-11-17(13-21(20)29-18-9-5-6-10-18)19-14-24-22(26)23(27)25(19)15-16-7-3-2-4-8-16/h2-4,7-8,11-13,18-19H,5-6,9-10,14-15H2,1H3,(H,24,26). The highest BCUT2D eigenvalue weighted by molar-refractivity contribution is 6.35. The minimum absolute atomic E-state index is 0.201. The highest BCUT2D eigenvalue weighted by Gasteiger charge is 2.35. The molecule has 1 heterocycles. The number of nitrogens with one attached hydrogen (secondary N) is 1. The van der Waals surface area contributed by atoms with Gasteiger partial charge >= 0.3 is 11.8 Å². The number of hydrogen-bond donors (Lipinski definition) is 1. The number of carbonyl (C=O) groups is 2. The summed E-state index contributed by atoms with van der Waals surface area (Å²) in [5, 5.41) is 2.72. The van der Waals surface area contributed by atoms with Crippen LogP contribution in [0.5, 0.6) is 11.5 Å². The van der Waals surface area contributed by atoms with Crippen molar-refractivity contribution in [1.82, 2.24) is 10.2 Å². The quantitative estimate of drug-likeness (QED) is 0.764. The first-order valence-corrected chi connectivity index (χ1v) is 10.1. The van der Waals surface area contributed by atoms with Crippen molar-refractivity contribution in [3.05, 3.63) is 59.7 Å². The predicted molar refractivity (Wildman–Crippen MR) is 109 cm³/mol. The lowest BCUT2D eigenvalue weighted by atomic mass is 10.0. The molecule has 6 nitrogen and oxygen atoms in total. The summed E-state index contributed by atoms with van der Waals surface area (Å²) in [6.45, 7) is 0.745. The van der Waals surface area contributed by atoms with E-state index in [9.17, 15) is 9.59 Å². The van der Waals surface area contributed by atoms with Gasteiger partial charge in [-0.2, -0.15) is 0 Å². The Morgan fingerprint density at radius 3 is 2.52 bits per heavy atom. The van der Waals surface area contributed by atoms with Crippen molar-refractivity contribution in [3.63, 3.8) is 0 Å². The molecule has 2 aliphatic rings. The van der Waals surface area contributed by atoms with Gasteiger partial charge in [0.25, 0.3) is 0 Å². The van der Waals surface area contributed by atoms with Gasteiger partial charge in [-0.1, -0.05) is 36.4 Å². The second-order valence-electron chi connectivity index (χ2n) is 7.58. The lowest BCUT2D eigenvalue weighted by Gasteiger charge is -2.36. The number of methoxy groups -OCH3 is 1. The molecule has 2 aromatic carbocycles. The monoisotopic (exact) mass is 394 g/mol. The summed E-state index contributed by atoms with van der Waals surface area (Å²) in [6.07, 6.45) is 4.66. The van der Waals surface area contributed by atoms with E-state index in [1.165, 1.54) is 12.8 Å². The molecule has 0 bridgehead atoms. The predicted octanol–water partition coefficient (Wildman–Crippen LogP) is 3.22. The molecule has 2 fully saturated rings. The molecule has 2 amide bonds. The zero-order valence-corrected chi connectivity index (χ0v) is 16.6. The van der Waals surface area contributed by atoms with Crippen LogP contribution in [0.25, 0.3) is 0 Å². The fraction of sp³-hybridized carbons (Fsp3) is 0.391. The largest absolute Gasteiger partial charge is 0.493 e. The van der Waals surface area contributed by atoms with Crippen LogP contribution >= 0.6 is 0 Å². The molecule has 1 aliphatic heterocycles. The molecule has 29 heavy (non-hydrogen) atoms. The van der Waals surface area contributed by atoms with Gasteiger partial charge in [-0.3, -0.25) is 9.59 Å². The van der Waals surface area contributed by atoms with E-state index < -0.39 is 11.8 Å². The van der Waals surface area contributed by atoms with Crippen LogP contribution in [-0.2, 0) is 16.1 Å². The van der Waals surface area contributed by atoms with Crippen LogP contribution in [0.15, 0.2) is 48.5 Å². The Morgan fingerprint density at radius 1 is 1.03 bits per heavy atom. The lowest BCUT2D eigenvalue weighted by molar-refractivity contribution is -0.151. The van der Waals surface area contributed by atoms with E-state index in [0.29, 0.717) is 24.6 Å². The Bertz CT molecular complexity index is 878. The maximum absolute atomic E-state index is 12.7. The van der Waals surface area contributed by atoms with Crippen LogP contribution < -0.4 is 14.8 Å². The molecular weight excluding hydrogens is 368 g/mol. The number of nitrogens with zero attached hydrogens (tertiary/aromatic N) is 1. The maximum atomic E-state index is 12.7. The van der Waals surface area contributed by atoms with Crippen molar-refractivity contribution < 1.29 is 19.1 Å². The second-order valence-corrected chi connectivity index (χ2v) is 7.58. The normalized spacial score (nSPS) is 19.9. The minimum Gasteiger partial charge on any atom is -0.493 e. The molecule has 152 valence electrons. The van der Waals surface area contributed by atoms with Crippen molar-refractivity contribution in [2.75, 3.05) is 13.7 Å². The second kappa shape index (κ2) is 8.55. The minimum atomic E-state index is -0.562. The van der Waals surface area contributed by atoms with Crippen LogP contribution in [-0.4, -0.2) is 36.5 Å². The van der Waals surface area contributed by atoms with E-state index in [2.05, 4.69) is 5.32 Å². The SMILES string of the molecule is COc1ccc(C2CNC(=O)C(=O)N2Cc2ccccc2)cc1OC1CCCC1. The first-order chi connectivity index (χ1) is 14.2. The number of piperazine rings is 1. The molecule has 0 spiro atoms. The van der Waals surface area contributed by atoms with Gasteiger partial charge in [-0.15, -0.1) is 0 Å². The molecule has 1 saturated heterocycles. The summed E-state index contributed by atoms with van der Waals surface area (Å²) >= 11 is 0. The van der Waals surface area contributed by atoms with Crippen LogP contribution in [0.4, 0.5) is 0 Å². The van der Waals surface area contributed by atoms with Crippen molar-refractivity contribution in [1.29, 1.82) is 0 Å². The van der Waals surface area contributed by atoms with Crippen LogP contribution in [0.2, 0.25) is 0 Å². The van der Waals surface area contributed by atoms with E-state index in [1.807, 2.05) is 48.5 Å². The third-order valence-corrected chi connectivity index (χ3v) is 5.65. The zero-order chi connectivity index (χ0) is 20.2. The Hall–Kier alpha value is -3.02. The Balaban J connectivity index is 1.63. The molecule has 1 atom stereocenters. The number of ether oxygens (including phenoxy) is 2. The number of rotatable bonds is 6. The summed E-state index contributed by atoms with van der Waals surface area (Å²) in [7, 11) is 1.63. The molecule has 0 aromatic heterocycles. The van der Waals surface area contributed by atoms with Gasteiger partial charge in [-0.25, -0.2) is 0 Å². The van der Waals surface area contributed by atoms with Gasteiger partial charge in [0, 0.05) is 13.1 Å². The van der Waals surface area contributed by atoms with E-state index in [1.54, 1.807) is 12.0 Å². The van der Waals surface area contributed by atoms with E-state index >= 15 is 0 Å². The fourth-order valence-electron chi connectivity index (χ4n) is 4.09. The fourth-order valence-corrected chi connectivity index (χ4v) is 4.09. The van der Waals surface area contributed by atoms with Gasteiger partial charge in [0.05, 0.1) is 19.3 Å². The summed E-state index contributed by atoms with van der Waals surface area (Å²) in [5.74, 6) is 0.301. The topological polar surface area (TPSA) is 67.9 Å². The average molecular weight is 394 g/mol. The highest BCUT2D eigenvalue weighted by atomic mass is 16.5. The Labute approximate surface area is 170 Å². The van der Waals surface area contributed by atoms with Crippen LogP contribution in [0.1, 0.15) is 42.9 Å². The highest BCUT2D eigenvalue weighted by Crippen LogP contribution is 2.36. The van der Waals surface area contributed by atoms with Crippen molar-refractivity contribution >= 4 is 11.8 Å². The van der Waals surface area contributed by atoms with Crippen LogP contribution in [0, 0.1) is 0 Å². The van der Waals surface area contributed by atoms with Gasteiger partial charge in [0.2, 0.25) is 0 Å². The van der Waals surface area contributed by atoms with Crippen molar-refractivity contribution in [2.24, 2.45) is 0 Å². The van der Waals surface area contributed by atoms with Gasteiger partial charge in [-0.05, 0) is 48.9 Å². The third-order valence-electron chi connectivity index (χ3n) is 5.65. The van der Waals surface area contributed by atoms with Gasteiger partial charge in [0.1, 0.15) is 0 Å². The van der Waals surface area contributed by atoms with Crippen molar-refractivity contribution in [3.8, 4) is 11.5 Å². The average Bonchev–Trinajstić information content (AvgIpc) is 3.25. The van der Waals surface area contributed by atoms with Crippen LogP contribution in [0.3, 0.4) is 0 Å². The number of hydrogen-bond acceptors (Lipinski definition) is 4. The Kier molecular flexibility index (Phi) is 5.69.